The molecule has 4 aliphatic heterocycles. The minimum atomic E-state index is -1.69. The van der Waals surface area contributed by atoms with Crippen LogP contribution in [-0.4, -0.2) is 144 Å². The van der Waals surface area contributed by atoms with Gasteiger partial charge in [-0.1, -0.05) is 55.4 Å². The molecule has 0 aromatic rings. The number of ether oxygens (including phenoxy) is 1. The lowest BCUT2D eigenvalue weighted by molar-refractivity contribution is 0.0238. The molecule has 0 amide bonds. The number of rotatable bonds is 4. The van der Waals surface area contributed by atoms with E-state index in [-0.39, 0.29) is 0 Å². The molecular weight excluding hydrogens is 566 g/mol. The van der Waals surface area contributed by atoms with E-state index in [9.17, 15) is 4.21 Å². The molecule has 272 valence electrons. The maximum absolute atomic E-state index is 11.4. The van der Waals surface area contributed by atoms with E-state index in [0.717, 1.165) is 76.1 Å². The zero-order chi connectivity index (χ0) is 35.1. The standard InChI is InChI=1S/C8H17NOS.C7H16N2.C7H15NO.C6H13N.4C2H6/c1-8(2)9-4-6-11(3,10)7-5-9;1-7(2)9-5-3-8-4-6-9;1-7(2)8-3-5-9-6-4-8;1-6(2)7-4-3-5-7;4*1-2/h8H,3-7H2,1-2H3;7-8H,3-6H2,1-2H3;7H,3-6H2,1-2H3;6H,3-5H2,1-2H3;4*1-2H3. The third-order valence-electron chi connectivity index (χ3n) is 7.51. The van der Waals surface area contributed by atoms with Crippen LogP contribution < -0.4 is 5.32 Å². The van der Waals surface area contributed by atoms with Gasteiger partial charge in [-0.05, 0) is 90.3 Å². The largest absolute Gasteiger partial charge is 0.379 e. The summed E-state index contributed by atoms with van der Waals surface area (Å²) in [5, 5.41) is 3.33. The Morgan fingerprint density at radius 2 is 0.818 bits per heavy atom. The maximum Gasteiger partial charge on any atom is 0.0594 e. The van der Waals surface area contributed by atoms with Crippen LogP contribution in [0, 0.1) is 0 Å². The zero-order valence-corrected chi connectivity index (χ0v) is 34.0. The van der Waals surface area contributed by atoms with E-state index in [2.05, 4.69) is 86.2 Å². The third kappa shape index (κ3) is 28.0. The molecule has 0 bridgehead atoms. The Labute approximate surface area is 280 Å². The van der Waals surface area contributed by atoms with Crippen molar-refractivity contribution in [3.05, 3.63) is 0 Å². The molecule has 0 spiro atoms. The SMILES string of the molecule is C=S1(=O)CCN(C(C)C)CC1.CC.CC.CC.CC.CC(C)N1CCC1.CC(C)N1CCNCC1.CC(C)N1CCOCC1. The molecule has 7 nitrogen and oxygen atoms in total. The van der Waals surface area contributed by atoms with Crippen LogP contribution in [-0.2, 0) is 14.3 Å². The Bertz CT molecular complexity index is 605. The van der Waals surface area contributed by atoms with E-state index in [1.165, 1.54) is 32.6 Å². The van der Waals surface area contributed by atoms with Gasteiger partial charge < -0.3 is 15.0 Å². The molecule has 0 aromatic heterocycles. The average Bonchev–Trinajstić information content (AvgIpc) is 3.02. The second kappa shape index (κ2) is 34.1. The Kier molecular flexibility index (Phi) is 39.3. The first-order chi connectivity index (χ1) is 20.9. The fraction of sp³-hybridized carbons (Fsp3) is 0.972. The number of morpholine rings is 1. The van der Waals surface area contributed by atoms with Crippen molar-refractivity contribution in [3.8, 4) is 0 Å². The van der Waals surface area contributed by atoms with Crippen LogP contribution >= 0.6 is 0 Å². The molecule has 0 atom stereocenters. The highest BCUT2D eigenvalue weighted by Crippen LogP contribution is 2.09. The highest BCUT2D eigenvalue weighted by atomic mass is 32.2. The van der Waals surface area contributed by atoms with Gasteiger partial charge in [0.1, 0.15) is 0 Å². The highest BCUT2D eigenvalue weighted by molar-refractivity contribution is 8.00. The summed E-state index contributed by atoms with van der Waals surface area (Å²) in [4.78, 5) is 9.76. The lowest BCUT2D eigenvalue weighted by Gasteiger charge is -2.34. The van der Waals surface area contributed by atoms with E-state index in [1.54, 1.807) is 0 Å². The van der Waals surface area contributed by atoms with Gasteiger partial charge in [-0.15, -0.1) is 0 Å². The number of hydrogen-bond acceptors (Lipinski definition) is 7. The molecule has 4 aliphatic rings. The van der Waals surface area contributed by atoms with Crippen molar-refractivity contribution in [1.29, 1.82) is 0 Å². The molecular formula is C36H85N5O2S. The first kappa shape index (κ1) is 50.6. The number of nitrogens with one attached hydrogen (secondary N) is 1. The van der Waals surface area contributed by atoms with Crippen LogP contribution in [0.5, 0.6) is 0 Å². The van der Waals surface area contributed by atoms with Gasteiger partial charge in [0.25, 0.3) is 0 Å². The Hall–Kier alpha value is -0.220. The summed E-state index contributed by atoms with van der Waals surface area (Å²) in [6.07, 6.45) is 1.41. The fourth-order valence-corrected chi connectivity index (χ4v) is 5.79. The average molecular weight is 652 g/mol. The van der Waals surface area contributed by atoms with Crippen molar-refractivity contribution in [1.82, 2.24) is 24.9 Å². The van der Waals surface area contributed by atoms with Crippen molar-refractivity contribution in [3.63, 3.8) is 0 Å². The summed E-state index contributed by atoms with van der Waals surface area (Å²) in [6.45, 7) is 47.2. The van der Waals surface area contributed by atoms with E-state index in [0.29, 0.717) is 12.1 Å². The van der Waals surface area contributed by atoms with E-state index >= 15 is 0 Å². The number of likely N-dealkylation sites (tertiary alicyclic amines) is 1. The Morgan fingerprint density at radius 3 is 1.05 bits per heavy atom. The highest BCUT2D eigenvalue weighted by Gasteiger charge is 2.19. The number of nitrogens with zero attached hydrogens (tertiary/aromatic N) is 4. The fourth-order valence-electron chi connectivity index (χ4n) is 4.45. The predicted octanol–water partition coefficient (Wildman–Crippen LogP) is 6.66. The number of hydrogen-bond donors (Lipinski definition) is 1. The quantitative estimate of drug-likeness (QED) is 0.341. The van der Waals surface area contributed by atoms with Crippen molar-refractivity contribution < 1.29 is 8.95 Å². The van der Waals surface area contributed by atoms with Crippen molar-refractivity contribution >= 4 is 15.4 Å². The first-order valence-corrected chi connectivity index (χ1v) is 20.6. The molecule has 0 unspecified atom stereocenters. The summed E-state index contributed by atoms with van der Waals surface area (Å²) >= 11 is 0. The summed E-state index contributed by atoms with van der Waals surface area (Å²) in [5.74, 6) is 5.29. The molecule has 0 aromatic carbocycles. The molecule has 0 aliphatic carbocycles. The van der Waals surface area contributed by atoms with Gasteiger partial charge in [0, 0.05) is 88.0 Å². The van der Waals surface area contributed by atoms with Crippen LogP contribution in [0.15, 0.2) is 0 Å². The van der Waals surface area contributed by atoms with Crippen LogP contribution in [0.25, 0.3) is 0 Å². The van der Waals surface area contributed by atoms with E-state index in [4.69, 9.17) is 4.74 Å². The molecule has 4 saturated heterocycles. The minimum absolute atomic E-state index is 0.588. The summed E-state index contributed by atoms with van der Waals surface area (Å²) in [5.41, 5.74) is 0. The van der Waals surface area contributed by atoms with Gasteiger partial charge in [-0.3, -0.25) is 18.9 Å². The second-order valence-corrected chi connectivity index (χ2v) is 14.4. The van der Waals surface area contributed by atoms with Gasteiger partial charge in [0.2, 0.25) is 0 Å². The summed E-state index contributed by atoms with van der Waals surface area (Å²) in [7, 11) is -1.69. The predicted molar refractivity (Wildman–Crippen MR) is 206 cm³/mol. The molecule has 8 heteroatoms. The number of piperazine rings is 1. The molecule has 1 N–H and O–H groups in total. The van der Waals surface area contributed by atoms with Gasteiger partial charge in [-0.25, -0.2) is 0 Å². The molecule has 44 heavy (non-hydrogen) atoms. The Morgan fingerprint density at radius 1 is 0.523 bits per heavy atom. The smallest absolute Gasteiger partial charge is 0.0594 e. The van der Waals surface area contributed by atoms with Crippen molar-refractivity contribution in [2.24, 2.45) is 0 Å². The third-order valence-corrected chi connectivity index (χ3v) is 9.36. The van der Waals surface area contributed by atoms with Gasteiger partial charge >= 0.3 is 0 Å². The molecule has 4 fully saturated rings. The second-order valence-electron chi connectivity index (χ2n) is 11.6. The van der Waals surface area contributed by atoms with Crippen LogP contribution in [0.1, 0.15) is 117 Å². The molecule has 4 heterocycles. The molecule has 0 radical (unpaired) electrons. The monoisotopic (exact) mass is 652 g/mol. The van der Waals surface area contributed by atoms with Crippen LogP contribution in [0.4, 0.5) is 0 Å². The van der Waals surface area contributed by atoms with E-state index in [1.807, 2.05) is 55.4 Å². The van der Waals surface area contributed by atoms with Crippen molar-refractivity contribution in [2.45, 2.75) is 141 Å². The first-order valence-electron chi connectivity index (χ1n) is 18.5. The minimum Gasteiger partial charge on any atom is -0.379 e. The van der Waals surface area contributed by atoms with Gasteiger partial charge in [-0.2, -0.15) is 0 Å². The van der Waals surface area contributed by atoms with Crippen molar-refractivity contribution in [2.75, 3.05) is 90.2 Å². The maximum atomic E-state index is 11.4. The van der Waals surface area contributed by atoms with Crippen LogP contribution in [0.2, 0.25) is 0 Å². The van der Waals surface area contributed by atoms with E-state index < -0.39 is 9.52 Å². The molecule has 0 saturated carbocycles. The zero-order valence-electron chi connectivity index (χ0n) is 33.1. The van der Waals surface area contributed by atoms with Gasteiger partial charge in [0.15, 0.2) is 0 Å². The topological polar surface area (TPSA) is 51.3 Å². The lowest BCUT2D eigenvalue weighted by Crippen LogP contribution is -2.46. The Balaban J connectivity index is -0.000000226. The normalized spacial score (nSPS) is 20.0. The summed E-state index contributed by atoms with van der Waals surface area (Å²) < 4.78 is 16.6. The molecule has 4 rings (SSSR count). The lowest BCUT2D eigenvalue weighted by atomic mass is 10.2. The van der Waals surface area contributed by atoms with Gasteiger partial charge in [0.05, 0.1) is 13.2 Å². The van der Waals surface area contributed by atoms with Crippen LogP contribution in [0.3, 0.4) is 0 Å². The summed E-state index contributed by atoms with van der Waals surface area (Å²) in [6, 6.07) is 2.79.